The second-order valence-electron chi connectivity index (χ2n) is 8.32. The monoisotopic (exact) mass is 296 g/mol. The summed E-state index contributed by atoms with van der Waals surface area (Å²) in [5.74, 6) is 0. The van der Waals surface area contributed by atoms with Crippen molar-refractivity contribution in [3.63, 3.8) is 0 Å². The first kappa shape index (κ1) is 17.2. The predicted octanol–water partition coefficient (Wildman–Crippen LogP) is 3.17. The van der Waals surface area contributed by atoms with Gasteiger partial charge < -0.3 is 15.3 Å². The Balaban J connectivity index is 1.88. The lowest BCUT2D eigenvalue weighted by Gasteiger charge is -2.41. The molecule has 0 heterocycles. The van der Waals surface area contributed by atoms with E-state index in [9.17, 15) is 5.11 Å². The van der Waals surface area contributed by atoms with Gasteiger partial charge in [0.25, 0.3) is 0 Å². The highest BCUT2D eigenvalue weighted by atomic mass is 16.3. The van der Waals surface area contributed by atoms with Gasteiger partial charge in [0, 0.05) is 17.6 Å². The molecule has 0 aromatic heterocycles. The van der Waals surface area contributed by atoms with Gasteiger partial charge in [0.15, 0.2) is 0 Å². The Morgan fingerprint density at radius 1 is 1.10 bits per heavy atom. The van der Waals surface area contributed by atoms with E-state index in [0.29, 0.717) is 11.5 Å². The van der Waals surface area contributed by atoms with Crippen molar-refractivity contribution < 1.29 is 5.11 Å². The fourth-order valence-corrected chi connectivity index (χ4v) is 4.29. The Morgan fingerprint density at radius 3 is 2.29 bits per heavy atom. The quantitative estimate of drug-likeness (QED) is 0.790. The fraction of sp³-hybridized carbons (Fsp3) is 1.00. The van der Waals surface area contributed by atoms with E-state index < -0.39 is 0 Å². The highest BCUT2D eigenvalue weighted by molar-refractivity contribution is 5.00. The van der Waals surface area contributed by atoms with Crippen LogP contribution < -0.4 is 5.32 Å². The summed E-state index contributed by atoms with van der Waals surface area (Å²) in [6.45, 7) is 8.32. The number of nitrogens with one attached hydrogen (secondary N) is 1. The highest BCUT2D eigenvalue weighted by Crippen LogP contribution is 2.40. The van der Waals surface area contributed by atoms with Gasteiger partial charge in [-0.3, -0.25) is 0 Å². The van der Waals surface area contributed by atoms with E-state index in [4.69, 9.17) is 0 Å². The van der Waals surface area contributed by atoms with E-state index >= 15 is 0 Å². The number of hydrogen-bond acceptors (Lipinski definition) is 3. The van der Waals surface area contributed by atoms with Gasteiger partial charge >= 0.3 is 0 Å². The summed E-state index contributed by atoms with van der Waals surface area (Å²) in [7, 11) is 2.32. The molecule has 2 aliphatic rings. The van der Waals surface area contributed by atoms with Crippen LogP contribution in [0, 0.1) is 5.41 Å². The first-order chi connectivity index (χ1) is 9.91. The van der Waals surface area contributed by atoms with E-state index in [1.54, 1.807) is 0 Å². The first-order valence-electron chi connectivity index (χ1n) is 8.99. The van der Waals surface area contributed by atoms with Gasteiger partial charge in [-0.15, -0.1) is 0 Å². The van der Waals surface area contributed by atoms with Crippen LogP contribution in [0.15, 0.2) is 0 Å². The Labute approximate surface area is 131 Å². The van der Waals surface area contributed by atoms with Crippen molar-refractivity contribution in [2.45, 2.75) is 89.8 Å². The average molecular weight is 296 g/mol. The van der Waals surface area contributed by atoms with Crippen molar-refractivity contribution in [3.8, 4) is 0 Å². The number of aliphatic hydroxyl groups excluding tert-OH is 1. The molecule has 2 aliphatic carbocycles. The lowest BCUT2D eigenvalue weighted by atomic mass is 9.75. The maximum absolute atomic E-state index is 9.84. The normalized spacial score (nSPS) is 33.7. The van der Waals surface area contributed by atoms with Crippen molar-refractivity contribution in [2.24, 2.45) is 5.41 Å². The van der Waals surface area contributed by atoms with Gasteiger partial charge in [-0.05, 0) is 70.4 Å². The minimum Gasteiger partial charge on any atom is -0.394 e. The average Bonchev–Trinajstić information content (AvgIpc) is 2.89. The molecule has 0 bridgehead atoms. The molecule has 2 saturated carbocycles. The van der Waals surface area contributed by atoms with Crippen molar-refractivity contribution in [2.75, 3.05) is 20.2 Å². The molecule has 2 unspecified atom stereocenters. The molecule has 2 N–H and O–H groups in total. The second-order valence-corrected chi connectivity index (χ2v) is 8.32. The number of rotatable bonds is 6. The third kappa shape index (κ3) is 4.20. The summed E-state index contributed by atoms with van der Waals surface area (Å²) in [5.41, 5.74) is 0.535. The molecule has 2 fully saturated rings. The molecule has 0 aliphatic heterocycles. The van der Waals surface area contributed by atoms with E-state index in [-0.39, 0.29) is 12.1 Å². The molecule has 0 saturated heterocycles. The summed E-state index contributed by atoms with van der Waals surface area (Å²) < 4.78 is 0. The molecule has 124 valence electrons. The summed E-state index contributed by atoms with van der Waals surface area (Å²) >= 11 is 0. The van der Waals surface area contributed by atoms with Crippen LogP contribution >= 0.6 is 0 Å². The molecule has 0 amide bonds. The Morgan fingerprint density at radius 2 is 1.71 bits per heavy atom. The smallest absolute Gasteiger partial charge is 0.0613 e. The van der Waals surface area contributed by atoms with Crippen LogP contribution in [0.2, 0.25) is 0 Å². The first-order valence-corrected chi connectivity index (χ1v) is 8.99. The van der Waals surface area contributed by atoms with Crippen molar-refractivity contribution in [1.29, 1.82) is 0 Å². The molecule has 3 nitrogen and oxygen atoms in total. The van der Waals surface area contributed by atoms with Crippen molar-refractivity contribution in [1.82, 2.24) is 10.2 Å². The summed E-state index contributed by atoms with van der Waals surface area (Å²) in [5, 5.41) is 13.5. The SMILES string of the molecule is CCCNC1(CO)CCC(N(C)C2CCC(C)(C)CC2)C1. The zero-order chi connectivity index (χ0) is 15.5. The van der Waals surface area contributed by atoms with E-state index in [2.05, 4.69) is 38.0 Å². The second kappa shape index (κ2) is 6.97. The molecule has 21 heavy (non-hydrogen) atoms. The van der Waals surface area contributed by atoms with Crippen LogP contribution in [0.3, 0.4) is 0 Å². The van der Waals surface area contributed by atoms with Gasteiger partial charge in [-0.25, -0.2) is 0 Å². The zero-order valence-electron chi connectivity index (χ0n) is 14.6. The van der Waals surface area contributed by atoms with Gasteiger partial charge in [-0.1, -0.05) is 20.8 Å². The van der Waals surface area contributed by atoms with Crippen LogP contribution in [0.5, 0.6) is 0 Å². The summed E-state index contributed by atoms with van der Waals surface area (Å²) in [6, 6.07) is 1.40. The summed E-state index contributed by atoms with van der Waals surface area (Å²) in [6.07, 6.45) is 10.00. The van der Waals surface area contributed by atoms with E-state index in [0.717, 1.165) is 31.8 Å². The third-order valence-corrected chi connectivity index (χ3v) is 6.10. The highest BCUT2D eigenvalue weighted by Gasteiger charge is 2.41. The minimum atomic E-state index is -0.0110. The van der Waals surface area contributed by atoms with Gasteiger partial charge in [0.05, 0.1) is 6.61 Å². The van der Waals surface area contributed by atoms with Crippen LogP contribution in [-0.2, 0) is 0 Å². The maximum atomic E-state index is 9.84. The van der Waals surface area contributed by atoms with Crippen LogP contribution in [-0.4, -0.2) is 47.8 Å². The summed E-state index contributed by atoms with van der Waals surface area (Å²) in [4.78, 5) is 2.64. The van der Waals surface area contributed by atoms with Gasteiger partial charge in [0.2, 0.25) is 0 Å². The predicted molar refractivity (Wildman–Crippen MR) is 89.5 cm³/mol. The fourth-order valence-electron chi connectivity index (χ4n) is 4.29. The van der Waals surface area contributed by atoms with Gasteiger partial charge in [0.1, 0.15) is 0 Å². The van der Waals surface area contributed by atoms with Gasteiger partial charge in [-0.2, -0.15) is 0 Å². The molecule has 2 atom stereocenters. The lowest BCUT2D eigenvalue weighted by molar-refractivity contribution is 0.0871. The Kier molecular flexibility index (Phi) is 5.72. The van der Waals surface area contributed by atoms with Crippen LogP contribution in [0.25, 0.3) is 0 Å². The van der Waals surface area contributed by atoms with Crippen molar-refractivity contribution in [3.05, 3.63) is 0 Å². The topological polar surface area (TPSA) is 35.5 Å². The number of nitrogens with zero attached hydrogens (tertiary/aromatic N) is 1. The molecule has 2 rings (SSSR count). The van der Waals surface area contributed by atoms with E-state index in [1.165, 1.54) is 32.1 Å². The maximum Gasteiger partial charge on any atom is 0.0613 e. The number of aliphatic hydroxyl groups is 1. The van der Waals surface area contributed by atoms with Crippen LogP contribution in [0.4, 0.5) is 0 Å². The Bertz CT molecular complexity index is 321. The Hall–Kier alpha value is -0.120. The van der Waals surface area contributed by atoms with Crippen LogP contribution in [0.1, 0.15) is 72.1 Å². The molecule has 0 radical (unpaired) electrons. The van der Waals surface area contributed by atoms with E-state index in [1.807, 2.05) is 0 Å². The molecule has 0 aromatic rings. The molecular weight excluding hydrogens is 260 g/mol. The minimum absolute atomic E-state index is 0.0110. The molecular formula is C18H36N2O. The largest absolute Gasteiger partial charge is 0.394 e. The third-order valence-electron chi connectivity index (χ3n) is 6.10. The standard InChI is InChI=1S/C18H36N2O/c1-5-12-19-18(14-21)11-8-16(13-18)20(4)15-6-9-17(2,3)10-7-15/h15-16,19,21H,5-14H2,1-4H3. The van der Waals surface area contributed by atoms with Crippen molar-refractivity contribution >= 4 is 0 Å². The zero-order valence-corrected chi connectivity index (χ0v) is 14.6. The number of hydrogen-bond donors (Lipinski definition) is 2. The molecule has 0 aromatic carbocycles. The lowest BCUT2D eigenvalue weighted by Crippen LogP contribution is -2.49. The molecule has 0 spiro atoms. The molecule has 3 heteroatoms.